The van der Waals surface area contributed by atoms with Gasteiger partial charge in [0.1, 0.15) is 11.6 Å². The number of hydrogen-bond acceptors (Lipinski definition) is 4. The van der Waals surface area contributed by atoms with Crippen molar-refractivity contribution in [1.82, 2.24) is 10.2 Å². The minimum absolute atomic E-state index is 0.145. The van der Waals surface area contributed by atoms with Crippen molar-refractivity contribution in [2.45, 2.75) is 39.5 Å². The topological polar surface area (TPSA) is 50.8 Å². The molecule has 0 radical (unpaired) electrons. The van der Waals surface area contributed by atoms with Crippen LogP contribution in [0.2, 0.25) is 0 Å². The zero-order valence-electron chi connectivity index (χ0n) is 17.5. The maximum atomic E-state index is 13.9. The number of carbonyl (C=O) groups is 1. The van der Waals surface area contributed by atoms with Gasteiger partial charge in [0.2, 0.25) is 0 Å². The van der Waals surface area contributed by atoms with Gasteiger partial charge in [-0.3, -0.25) is 4.79 Å². The van der Waals surface area contributed by atoms with Crippen molar-refractivity contribution in [3.8, 4) is 11.5 Å². The van der Waals surface area contributed by atoms with Crippen molar-refractivity contribution in [3.63, 3.8) is 0 Å². The molecule has 0 saturated heterocycles. The van der Waals surface area contributed by atoms with Crippen LogP contribution in [0.4, 0.5) is 8.78 Å². The first-order chi connectivity index (χ1) is 13.7. The molecule has 0 aliphatic carbocycles. The van der Waals surface area contributed by atoms with E-state index in [1.165, 1.54) is 17.0 Å². The summed E-state index contributed by atoms with van der Waals surface area (Å²) in [5.74, 6) is -0.309. The molecule has 0 aliphatic rings. The summed E-state index contributed by atoms with van der Waals surface area (Å²) in [6, 6.07) is 8.69. The molecule has 2 aromatic rings. The van der Waals surface area contributed by atoms with Gasteiger partial charge in [-0.15, -0.1) is 0 Å². The lowest BCUT2D eigenvalue weighted by Crippen LogP contribution is -2.35. The third-order valence-electron chi connectivity index (χ3n) is 4.44. The van der Waals surface area contributed by atoms with E-state index in [0.717, 1.165) is 11.6 Å². The van der Waals surface area contributed by atoms with Gasteiger partial charge < -0.3 is 19.7 Å². The lowest BCUT2D eigenvalue weighted by molar-refractivity contribution is -0.135. The number of carbonyl (C=O) groups excluding carboxylic acids is 1. The fraction of sp³-hybridized carbons (Fsp3) is 0.409. The summed E-state index contributed by atoms with van der Waals surface area (Å²) < 4.78 is 38.5. The molecule has 1 N–H and O–H groups in total. The molecule has 2 rings (SSSR count). The molecule has 0 unspecified atom stereocenters. The van der Waals surface area contributed by atoms with E-state index in [9.17, 15) is 13.6 Å². The second kappa shape index (κ2) is 10.2. The van der Waals surface area contributed by atoms with Crippen LogP contribution in [0.5, 0.6) is 11.5 Å². The van der Waals surface area contributed by atoms with E-state index in [0.29, 0.717) is 30.2 Å². The number of ether oxygens (including phenoxy) is 2. The molecule has 7 heteroatoms. The first-order valence-electron chi connectivity index (χ1n) is 9.54. The van der Waals surface area contributed by atoms with Crippen LogP contribution in [0, 0.1) is 11.6 Å². The first-order valence-corrected chi connectivity index (χ1v) is 9.54. The Morgan fingerprint density at radius 2 is 1.83 bits per heavy atom. The Bertz CT molecular complexity index is 843. The van der Waals surface area contributed by atoms with Crippen LogP contribution in [-0.2, 0) is 11.3 Å². The van der Waals surface area contributed by atoms with Crippen LogP contribution in [-0.4, -0.2) is 37.6 Å². The molecule has 1 amide bonds. The van der Waals surface area contributed by atoms with Crippen LogP contribution in [0.3, 0.4) is 0 Å². The monoisotopic (exact) mass is 406 g/mol. The number of rotatable bonds is 9. The molecular formula is C22H28F2N2O3. The SMILES string of the molecule is CCOc1cc(CN[C@H](C)c2ccc(F)cc2F)ccc1O[C@@H](C)C(=O)N(C)C. The van der Waals surface area contributed by atoms with Crippen molar-refractivity contribution < 1.29 is 23.0 Å². The van der Waals surface area contributed by atoms with Crippen LogP contribution >= 0.6 is 0 Å². The summed E-state index contributed by atoms with van der Waals surface area (Å²) in [6.45, 7) is 6.26. The van der Waals surface area contributed by atoms with Gasteiger partial charge in [-0.05, 0) is 44.5 Å². The number of benzene rings is 2. The zero-order valence-corrected chi connectivity index (χ0v) is 17.5. The van der Waals surface area contributed by atoms with Gasteiger partial charge in [-0.1, -0.05) is 12.1 Å². The summed E-state index contributed by atoms with van der Waals surface area (Å²) in [5, 5.41) is 3.22. The maximum Gasteiger partial charge on any atom is 0.262 e. The zero-order chi connectivity index (χ0) is 21.6. The number of halogens is 2. The molecule has 29 heavy (non-hydrogen) atoms. The van der Waals surface area contributed by atoms with Crippen LogP contribution in [0.15, 0.2) is 36.4 Å². The normalized spacial score (nSPS) is 12.9. The van der Waals surface area contributed by atoms with E-state index in [4.69, 9.17) is 9.47 Å². The number of nitrogens with one attached hydrogen (secondary N) is 1. The fourth-order valence-electron chi connectivity index (χ4n) is 2.87. The van der Waals surface area contributed by atoms with E-state index in [-0.39, 0.29) is 11.9 Å². The van der Waals surface area contributed by atoms with Crippen molar-refractivity contribution in [2.24, 2.45) is 0 Å². The van der Waals surface area contributed by atoms with Gasteiger partial charge in [0.05, 0.1) is 6.61 Å². The summed E-state index contributed by atoms with van der Waals surface area (Å²) in [4.78, 5) is 13.5. The van der Waals surface area contributed by atoms with Crippen LogP contribution < -0.4 is 14.8 Å². The van der Waals surface area contributed by atoms with Crippen LogP contribution in [0.1, 0.15) is 37.9 Å². The van der Waals surface area contributed by atoms with Crippen molar-refractivity contribution in [1.29, 1.82) is 0 Å². The van der Waals surface area contributed by atoms with Gasteiger partial charge in [0.15, 0.2) is 17.6 Å². The second-order valence-electron chi connectivity index (χ2n) is 6.98. The van der Waals surface area contributed by atoms with Gasteiger partial charge >= 0.3 is 0 Å². The van der Waals surface area contributed by atoms with Crippen molar-refractivity contribution in [3.05, 3.63) is 59.2 Å². The minimum Gasteiger partial charge on any atom is -0.490 e. The van der Waals surface area contributed by atoms with Gasteiger partial charge in [-0.2, -0.15) is 0 Å². The highest BCUT2D eigenvalue weighted by Gasteiger charge is 2.19. The average molecular weight is 406 g/mol. The third-order valence-corrected chi connectivity index (χ3v) is 4.44. The maximum absolute atomic E-state index is 13.9. The Morgan fingerprint density at radius 1 is 1.10 bits per heavy atom. The van der Waals surface area contributed by atoms with E-state index in [1.807, 2.05) is 26.0 Å². The van der Waals surface area contributed by atoms with Gasteiger partial charge in [0, 0.05) is 38.3 Å². The predicted octanol–water partition coefficient (Wildman–Crippen LogP) is 4.07. The van der Waals surface area contributed by atoms with Crippen molar-refractivity contribution in [2.75, 3.05) is 20.7 Å². The van der Waals surface area contributed by atoms with Gasteiger partial charge in [0.25, 0.3) is 5.91 Å². The molecule has 2 aromatic carbocycles. The summed E-state index contributed by atoms with van der Waals surface area (Å²) >= 11 is 0. The Balaban J connectivity index is 2.09. The van der Waals surface area contributed by atoms with Gasteiger partial charge in [-0.25, -0.2) is 8.78 Å². The molecule has 0 heterocycles. The number of amides is 1. The lowest BCUT2D eigenvalue weighted by Gasteiger charge is -2.21. The Labute approximate surface area is 170 Å². The number of nitrogens with zero attached hydrogens (tertiary/aromatic N) is 1. The fourth-order valence-corrected chi connectivity index (χ4v) is 2.87. The Kier molecular flexibility index (Phi) is 7.96. The smallest absolute Gasteiger partial charge is 0.262 e. The summed E-state index contributed by atoms with van der Waals surface area (Å²) in [5.41, 5.74) is 1.30. The molecule has 0 aliphatic heterocycles. The van der Waals surface area contributed by atoms with E-state index < -0.39 is 17.7 Å². The second-order valence-corrected chi connectivity index (χ2v) is 6.98. The molecule has 0 bridgehead atoms. The molecule has 158 valence electrons. The predicted molar refractivity (Wildman–Crippen MR) is 108 cm³/mol. The highest BCUT2D eigenvalue weighted by atomic mass is 19.1. The highest BCUT2D eigenvalue weighted by molar-refractivity contribution is 5.80. The molecule has 0 saturated carbocycles. The lowest BCUT2D eigenvalue weighted by atomic mass is 10.1. The third kappa shape index (κ3) is 6.15. The first kappa shape index (κ1) is 22.6. The largest absolute Gasteiger partial charge is 0.490 e. The molecule has 5 nitrogen and oxygen atoms in total. The average Bonchev–Trinajstić information content (AvgIpc) is 2.67. The quantitative estimate of drug-likeness (QED) is 0.682. The minimum atomic E-state index is -0.644. The highest BCUT2D eigenvalue weighted by Crippen LogP contribution is 2.30. The summed E-state index contributed by atoms with van der Waals surface area (Å²) in [7, 11) is 3.34. The Morgan fingerprint density at radius 3 is 2.45 bits per heavy atom. The standard InChI is InChI=1S/C22H28F2N2O3/c1-6-28-21-11-16(7-10-20(21)29-15(3)22(27)26(4)5)13-25-14(2)18-9-8-17(23)12-19(18)24/h7-12,14-15,25H,6,13H2,1-5H3/t14-,15+/m1/s1. The molecule has 0 spiro atoms. The summed E-state index contributed by atoms with van der Waals surface area (Å²) in [6.07, 6.45) is -0.644. The van der Waals surface area contributed by atoms with E-state index in [1.54, 1.807) is 27.1 Å². The van der Waals surface area contributed by atoms with E-state index >= 15 is 0 Å². The number of likely N-dealkylation sites (N-methyl/N-ethyl adjacent to an activating group) is 1. The van der Waals surface area contributed by atoms with Crippen molar-refractivity contribution >= 4 is 5.91 Å². The number of hydrogen-bond donors (Lipinski definition) is 1. The molecule has 2 atom stereocenters. The molecular weight excluding hydrogens is 378 g/mol. The van der Waals surface area contributed by atoms with Crippen LogP contribution in [0.25, 0.3) is 0 Å². The molecule has 0 fully saturated rings. The van der Waals surface area contributed by atoms with E-state index in [2.05, 4.69) is 5.32 Å². The molecule has 0 aromatic heterocycles. The Hall–Kier alpha value is -2.67.